The Kier molecular flexibility index (Phi) is 4.49. The van der Waals surface area contributed by atoms with Crippen molar-refractivity contribution in [3.63, 3.8) is 0 Å². The third-order valence-corrected chi connectivity index (χ3v) is 4.97. The average Bonchev–Trinajstić information content (AvgIpc) is 3.08. The molecule has 1 aromatic rings. The first kappa shape index (κ1) is 17.4. The number of nitrogens with zero attached hydrogens (tertiary/aromatic N) is 1. The fourth-order valence-corrected chi connectivity index (χ4v) is 3.56. The Morgan fingerprint density at radius 3 is 2.72 bits per heavy atom. The molecule has 2 aliphatic rings. The molecule has 0 spiro atoms. The molecule has 3 amide bonds. The smallest absolute Gasteiger partial charge is 0.364 e. The Bertz CT molecular complexity index is 695. The van der Waals surface area contributed by atoms with Gasteiger partial charge >= 0.3 is 12.0 Å². The average molecular weight is 348 g/mol. The van der Waals surface area contributed by atoms with Gasteiger partial charge in [0.15, 0.2) is 12.7 Å². The van der Waals surface area contributed by atoms with E-state index in [1.54, 1.807) is 31.2 Å². The van der Waals surface area contributed by atoms with E-state index in [2.05, 4.69) is 5.32 Å². The van der Waals surface area contributed by atoms with Crippen molar-refractivity contribution in [1.82, 2.24) is 10.2 Å². The van der Waals surface area contributed by atoms with Gasteiger partial charge in [-0.3, -0.25) is 4.79 Å². The van der Waals surface area contributed by atoms with Crippen molar-refractivity contribution in [3.8, 4) is 0 Å². The van der Waals surface area contributed by atoms with Crippen LogP contribution in [0.4, 0.5) is 4.79 Å². The fourth-order valence-electron chi connectivity index (χ4n) is 3.56. The normalized spacial score (nSPS) is 32.0. The molecule has 8 heteroatoms. The number of aliphatic hydroxyl groups is 1. The summed E-state index contributed by atoms with van der Waals surface area (Å²) in [5.41, 5.74) is -0.450. The zero-order valence-corrected chi connectivity index (χ0v) is 14.2. The highest BCUT2D eigenvalue weighted by molar-refractivity contribution is 6.07. The van der Waals surface area contributed by atoms with Crippen LogP contribution in [-0.2, 0) is 19.9 Å². The Labute approximate surface area is 145 Å². The molecule has 0 saturated carbocycles. The number of benzene rings is 1. The van der Waals surface area contributed by atoms with E-state index >= 15 is 0 Å². The molecule has 0 aromatic heterocycles. The number of imide groups is 1. The molecule has 1 unspecified atom stereocenters. The minimum absolute atomic E-state index is 0.00389. The fraction of sp³-hybridized carbons (Fsp3) is 0.471. The predicted octanol–water partition coefficient (Wildman–Crippen LogP) is -1.40. The van der Waals surface area contributed by atoms with Gasteiger partial charge in [-0.15, -0.1) is 0 Å². The van der Waals surface area contributed by atoms with Crippen LogP contribution < -0.4 is 10.2 Å². The van der Waals surface area contributed by atoms with E-state index in [-0.39, 0.29) is 25.5 Å². The molecule has 2 heterocycles. The highest BCUT2D eigenvalue weighted by Crippen LogP contribution is 2.28. The maximum absolute atomic E-state index is 12.9. The Morgan fingerprint density at radius 1 is 1.40 bits per heavy atom. The van der Waals surface area contributed by atoms with Gasteiger partial charge in [-0.25, -0.2) is 14.5 Å². The van der Waals surface area contributed by atoms with E-state index < -0.39 is 29.7 Å². The molecular weight excluding hydrogens is 326 g/mol. The Balaban J connectivity index is 1.80. The first-order valence-electron chi connectivity index (χ1n) is 8.17. The highest BCUT2D eigenvalue weighted by atomic mass is 16.5. The van der Waals surface area contributed by atoms with Gasteiger partial charge in [0.25, 0.3) is 5.91 Å². The molecule has 3 N–H and O–H groups in total. The molecule has 4 atom stereocenters. The number of rotatable bonds is 4. The number of amides is 3. The maximum atomic E-state index is 12.9. The number of hydrogen-bond donors (Lipinski definition) is 3. The lowest BCUT2D eigenvalue weighted by molar-refractivity contribution is -0.912. The van der Waals surface area contributed by atoms with Crippen LogP contribution in [-0.4, -0.2) is 60.4 Å². The number of hydrogen-bond acceptors (Lipinski definition) is 5. The third-order valence-electron chi connectivity index (χ3n) is 4.97. The summed E-state index contributed by atoms with van der Waals surface area (Å²) in [6, 6.07) is 7.91. The SMILES string of the molecule is COC(=O)[C@@H]1C[C@@H](O)C[NH+]1CN1C(=O)N[C@](C)(c2ccccc2)C1=O. The lowest BCUT2D eigenvalue weighted by atomic mass is 9.92. The molecule has 25 heavy (non-hydrogen) atoms. The van der Waals surface area contributed by atoms with Crippen molar-refractivity contribution in [2.45, 2.75) is 31.0 Å². The van der Waals surface area contributed by atoms with E-state index in [1.165, 1.54) is 7.11 Å². The second-order valence-corrected chi connectivity index (χ2v) is 6.64. The highest BCUT2D eigenvalue weighted by Gasteiger charge is 2.52. The lowest BCUT2D eigenvalue weighted by Crippen LogP contribution is -3.16. The topological polar surface area (TPSA) is 100 Å². The van der Waals surface area contributed by atoms with Crippen molar-refractivity contribution >= 4 is 17.9 Å². The monoisotopic (exact) mass is 348 g/mol. The van der Waals surface area contributed by atoms with Crippen LogP contribution in [0.25, 0.3) is 0 Å². The van der Waals surface area contributed by atoms with Gasteiger partial charge in [-0.05, 0) is 12.5 Å². The summed E-state index contributed by atoms with van der Waals surface area (Å²) in [4.78, 5) is 38.9. The largest absolute Gasteiger partial charge is 0.465 e. The van der Waals surface area contributed by atoms with Crippen LogP contribution in [0.15, 0.2) is 30.3 Å². The summed E-state index contributed by atoms with van der Waals surface area (Å²) in [5.74, 6) is -0.828. The van der Waals surface area contributed by atoms with Crippen LogP contribution in [0.1, 0.15) is 18.9 Å². The van der Waals surface area contributed by atoms with Crippen molar-refractivity contribution in [2.24, 2.45) is 0 Å². The summed E-state index contributed by atoms with van der Waals surface area (Å²) in [6.07, 6.45) is -0.415. The van der Waals surface area contributed by atoms with E-state index in [1.807, 2.05) is 6.07 Å². The quantitative estimate of drug-likeness (QED) is 0.459. The lowest BCUT2D eigenvalue weighted by Gasteiger charge is -2.25. The second-order valence-electron chi connectivity index (χ2n) is 6.64. The molecule has 8 nitrogen and oxygen atoms in total. The van der Waals surface area contributed by atoms with Gasteiger partial charge in [0.05, 0.1) is 7.11 Å². The van der Waals surface area contributed by atoms with E-state index in [0.717, 1.165) is 4.90 Å². The number of quaternary nitrogens is 1. The van der Waals surface area contributed by atoms with E-state index in [4.69, 9.17) is 4.74 Å². The van der Waals surface area contributed by atoms with Crippen molar-refractivity contribution in [2.75, 3.05) is 20.3 Å². The van der Waals surface area contributed by atoms with Crippen LogP contribution in [0.3, 0.4) is 0 Å². The summed E-state index contributed by atoms with van der Waals surface area (Å²) in [5, 5.41) is 12.6. The molecule has 2 fully saturated rings. The first-order valence-corrected chi connectivity index (χ1v) is 8.17. The van der Waals surface area contributed by atoms with Crippen LogP contribution in [0.5, 0.6) is 0 Å². The molecule has 1 aromatic carbocycles. The van der Waals surface area contributed by atoms with Gasteiger partial charge in [0.1, 0.15) is 18.2 Å². The number of esters is 1. The van der Waals surface area contributed by atoms with Gasteiger partial charge in [0, 0.05) is 6.42 Å². The number of carbonyl (C=O) groups excluding carboxylic acids is 3. The summed E-state index contributed by atoms with van der Waals surface area (Å²) < 4.78 is 4.77. The molecule has 2 saturated heterocycles. The van der Waals surface area contributed by atoms with Crippen LogP contribution >= 0.6 is 0 Å². The van der Waals surface area contributed by atoms with Crippen molar-refractivity contribution in [1.29, 1.82) is 0 Å². The molecule has 2 aliphatic heterocycles. The number of ether oxygens (including phenoxy) is 1. The number of aliphatic hydroxyl groups excluding tert-OH is 1. The third kappa shape index (κ3) is 2.98. The second kappa shape index (κ2) is 6.45. The zero-order valence-electron chi connectivity index (χ0n) is 14.2. The minimum atomic E-state index is -1.14. The van der Waals surface area contributed by atoms with E-state index in [9.17, 15) is 19.5 Å². The van der Waals surface area contributed by atoms with Gasteiger partial charge < -0.3 is 20.1 Å². The molecular formula is C17H22N3O5+. The zero-order chi connectivity index (χ0) is 18.2. The first-order chi connectivity index (χ1) is 11.9. The van der Waals surface area contributed by atoms with Crippen molar-refractivity contribution in [3.05, 3.63) is 35.9 Å². The Hall–Kier alpha value is -2.45. The Morgan fingerprint density at radius 2 is 2.08 bits per heavy atom. The molecule has 0 aliphatic carbocycles. The number of urea groups is 1. The maximum Gasteiger partial charge on any atom is 0.364 e. The van der Waals surface area contributed by atoms with E-state index in [0.29, 0.717) is 10.5 Å². The number of carbonyl (C=O) groups is 3. The number of nitrogens with one attached hydrogen (secondary N) is 2. The summed E-state index contributed by atoms with van der Waals surface area (Å²) >= 11 is 0. The number of likely N-dealkylation sites (tertiary alicyclic amines) is 1. The standard InChI is InChI=1S/C17H21N3O5/c1-17(11-6-4-3-5-7-11)15(23)20(16(24)18-17)10-19-9-12(21)8-13(19)14(22)25-2/h3-7,12-13,21H,8-10H2,1-2H3,(H,18,24)/p+1/t12-,13+,17-/m1/s1. The summed E-state index contributed by atoms with van der Waals surface area (Å²) in [7, 11) is 1.28. The molecule has 0 radical (unpaired) electrons. The minimum Gasteiger partial charge on any atom is -0.465 e. The predicted molar refractivity (Wildman–Crippen MR) is 86.3 cm³/mol. The van der Waals surface area contributed by atoms with Gasteiger partial charge in [-0.1, -0.05) is 30.3 Å². The molecule has 0 bridgehead atoms. The van der Waals surface area contributed by atoms with Gasteiger partial charge in [-0.2, -0.15) is 0 Å². The summed E-state index contributed by atoms with van der Waals surface area (Å²) in [6.45, 7) is 1.94. The van der Waals surface area contributed by atoms with Crippen LogP contribution in [0.2, 0.25) is 0 Å². The molecule has 3 rings (SSSR count). The number of methoxy groups -OCH3 is 1. The van der Waals surface area contributed by atoms with Crippen LogP contribution in [0, 0.1) is 0 Å². The molecule has 134 valence electrons. The van der Waals surface area contributed by atoms with Crippen molar-refractivity contribution < 1.29 is 29.1 Å². The van der Waals surface area contributed by atoms with Gasteiger partial charge in [0.2, 0.25) is 0 Å².